The molecule has 3 rings (SSSR count). The van der Waals surface area contributed by atoms with E-state index in [1.165, 1.54) is 0 Å². The summed E-state index contributed by atoms with van der Waals surface area (Å²) in [6.45, 7) is 3.98. The number of rotatable bonds is 1. The normalized spacial score (nSPS) is 26.3. The Morgan fingerprint density at radius 1 is 1.32 bits per heavy atom. The van der Waals surface area contributed by atoms with Crippen molar-refractivity contribution in [1.29, 1.82) is 0 Å². The second-order valence-electron chi connectivity index (χ2n) is 5.50. The van der Waals surface area contributed by atoms with Crippen LogP contribution in [0, 0.1) is 6.92 Å². The van der Waals surface area contributed by atoms with Crippen LogP contribution in [0.25, 0.3) is 0 Å². The highest BCUT2D eigenvalue weighted by atomic mass is 79.9. The predicted octanol–water partition coefficient (Wildman–Crippen LogP) is 2.72. The van der Waals surface area contributed by atoms with Crippen LogP contribution in [0.3, 0.4) is 0 Å². The molecule has 4 heteroatoms. The molecule has 19 heavy (non-hydrogen) atoms. The van der Waals surface area contributed by atoms with Crippen LogP contribution in [0.15, 0.2) is 22.7 Å². The number of nitrogens with one attached hydrogen (secondary N) is 1. The smallest absolute Gasteiger partial charge is 0.254 e. The zero-order valence-electron chi connectivity index (χ0n) is 11.2. The van der Waals surface area contributed by atoms with Gasteiger partial charge in [0, 0.05) is 28.7 Å². The van der Waals surface area contributed by atoms with Crippen molar-refractivity contribution in [1.82, 2.24) is 10.2 Å². The molecule has 2 atom stereocenters. The summed E-state index contributed by atoms with van der Waals surface area (Å²) in [7, 11) is 0. The van der Waals surface area contributed by atoms with Gasteiger partial charge in [0.05, 0.1) is 0 Å². The van der Waals surface area contributed by atoms with Gasteiger partial charge in [0.15, 0.2) is 0 Å². The highest BCUT2D eigenvalue weighted by Crippen LogP contribution is 2.31. The molecular weight excluding hydrogens is 304 g/mol. The monoisotopic (exact) mass is 322 g/mol. The van der Waals surface area contributed by atoms with E-state index in [4.69, 9.17) is 0 Å². The van der Waals surface area contributed by atoms with E-state index in [0.717, 1.165) is 48.0 Å². The second-order valence-corrected chi connectivity index (χ2v) is 6.36. The quantitative estimate of drug-likeness (QED) is 0.862. The number of benzene rings is 1. The maximum absolute atomic E-state index is 12.9. The fourth-order valence-electron chi connectivity index (χ4n) is 3.29. The summed E-state index contributed by atoms with van der Waals surface area (Å²) >= 11 is 3.52. The maximum Gasteiger partial charge on any atom is 0.254 e. The Labute approximate surface area is 122 Å². The minimum Gasteiger partial charge on any atom is -0.331 e. The van der Waals surface area contributed by atoms with Gasteiger partial charge < -0.3 is 10.2 Å². The fourth-order valence-corrected chi connectivity index (χ4v) is 3.66. The van der Waals surface area contributed by atoms with Crippen molar-refractivity contribution < 1.29 is 4.79 Å². The number of amides is 1. The molecule has 0 saturated carbocycles. The number of hydrogen-bond acceptors (Lipinski definition) is 2. The Bertz CT molecular complexity index is 489. The van der Waals surface area contributed by atoms with Crippen LogP contribution < -0.4 is 5.32 Å². The predicted molar refractivity (Wildman–Crippen MR) is 79.3 cm³/mol. The van der Waals surface area contributed by atoms with Crippen LogP contribution >= 0.6 is 15.9 Å². The van der Waals surface area contributed by atoms with Gasteiger partial charge in [-0.1, -0.05) is 22.0 Å². The maximum atomic E-state index is 12.9. The first-order chi connectivity index (χ1) is 9.18. The summed E-state index contributed by atoms with van der Waals surface area (Å²) < 4.78 is 1.01. The van der Waals surface area contributed by atoms with Crippen molar-refractivity contribution in [3.8, 4) is 0 Å². The molecule has 1 amide bonds. The van der Waals surface area contributed by atoms with Crippen molar-refractivity contribution in [2.75, 3.05) is 13.1 Å². The topological polar surface area (TPSA) is 32.3 Å². The molecule has 0 aliphatic carbocycles. The minimum atomic E-state index is 0.204. The van der Waals surface area contributed by atoms with E-state index < -0.39 is 0 Å². The van der Waals surface area contributed by atoms with Gasteiger partial charge in [0.1, 0.15) is 0 Å². The van der Waals surface area contributed by atoms with E-state index in [1.807, 2.05) is 25.1 Å². The summed E-state index contributed by atoms with van der Waals surface area (Å²) in [5.74, 6) is 0.204. The van der Waals surface area contributed by atoms with Gasteiger partial charge >= 0.3 is 0 Å². The Hall–Kier alpha value is -0.870. The van der Waals surface area contributed by atoms with E-state index >= 15 is 0 Å². The minimum absolute atomic E-state index is 0.204. The van der Waals surface area contributed by atoms with Gasteiger partial charge in [-0.15, -0.1) is 0 Å². The lowest BCUT2D eigenvalue weighted by molar-refractivity contribution is 0.0679. The van der Waals surface area contributed by atoms with Crippen molar-refractivity contribution in [2.24, 2.45) is 0 Å². The zero-order valence-corrected chi connectivity index (χ0v) is 12.7. The van der Waals surface area contributed by atoms with E-state index in [0.29, 0.717) is 12.1 Å². The molecule has 0 spiro atoms. The summed E-state index contributed by atoms with van der Waals surface area (Å²) in [6, 6.07) is 6.68. The number of fused-ring (bicyclic) bond motifs is 2. The van der Waals surface area contributed by atoms with Gasteiger partial charge in [0.2, 0.25) is 0 Å². The molecule has 2 saturated heterocycles. The molecule has 2 unspecified atom stereocenters. The number of halogens is 1. The van der Waals surface area contributed by atoms with E-state index in [9.17, 15) is 4.79 Å². The molecule has 1 aromatic carbocycles. The molecule has 102 valence electrons. The molecular formula is C15H19BrN2O. The lowest BCUT2D eigenvalue weighted by atomic mass is 10.1. The molecule has 2 fully saturated rings. The average molecular weight is 323 g/mol. The van der Waals surface area contributed by atoms with Gasteiger partial charge in [-0.2, -0.15) is 0 Å². The van der Waals surface area contributed by atoms with Gasteiger partial charge in [-0.05, 0) is 50.4 Å². The lowest BCUT2D eigenvalue weighted by Gasteiger charge is -2.28. The summed E-state index contributed by atoms with van der Waals surface area (Å²) in [5.41, 5.74) is 1.89. The molecule has 2 bridgehead atoms. The zero-order chi connectivity index (χ0) is 13.4. The molecule has 3 nitrogen and oxygen atoms in total. The molecule has 2 aliphatic rings. The van der Waals surface area contributed by atoms with Crippen molar-refractivity contribution in [2.45, 2.75) is 38.3 Å². The number of nitrogens with zero attached hydrogens (tertiary/aromatic N) is 1. The third kappa shape index (κ3) is 2.32. The molecule has 0 aromatic heterocycles. The van der Waals surface area contributed by atoms with Gasteiger partial charge in [-0.25, -0.2) is 0 Å². The number of hydrogen-bond donors (Lipinski definition) is 1. The summed E-state index contributed by atoms with van der Waals surface area (Å²) in [5, 5.41) is 3.44. The molecule has 0 radical (unpaired) electrons. The first-order valence-corrected chi connectivity index (χ1v) is 7.76. The van der Waals surface area contributed by atoms with Crippen molar-refractivity contribution >= 4 is 21.8 Å². The summed E-state index contributed by atoms with van der Waals surface area (Å²) in [6.07, 6.45) is 3.37. The van der Waals surface area contributed by atoms with Crippen LogP contribution in [0.5, 0.6) is 0 Å². The van der Waals surface area contributed by atoms with E-state index in [2.05, 4.69) is 26.1 Å². The number of carbonyl (C=O) groups is 1. The Kier molecular flexibility index (Phi) is 3.63. The van der Waals surface area contributed by atoms with Crippen molar-refractivity contribution in [3.63, 3.8) is 0 Å². The lowest BCUT2D eigenvalue weighted by Crippen LogP contribution is -2.42. The molecule has 1 N–H and O–H groups in total. The van der Waals surface area contributed by atoms with Crippen LogP contribution in [0.4, 0.5) is 0 Å². The average Bonchev–Trinajstić information content (AvgIpc) is 2.65. The number of carbonyl (C=O) groups excluding carboxylic acids is 1. The molecule has 2 aliphatic heterocycles. The van der Waals surface area contributed by atoms with Gasteiger partial charge in [-0.3, -0.25) is 4.79 Å². The second kappa shape index (κ2) is 5.25. The Morgan fingerprint density at radius 2 is 2.11 bits per heavy atom. The SMILES string of the molecule is Cc1c(Br)cccc1C(=O)N1C2CCNCC1CC2. The standard InChI is InChI=1S/C15H19BrN2O/c1-10-13(3-2-4-14(10)16)15(19)18-11-5-6-12(18)9-17-8-7-11/h2-4,11-12,17H,5-9H2,1H3. The first kappa shape index (κ1) is 13.1. The van der Waals surface area contributed by atoms with Crippen LogP contribution in [-0.2, 0) is 0 Å². The third-order valence-electron chi connectivity index (χ3n) is 4.39. The first-order valence-electron chi connectivity index (χ1n) is 6.97. The summed E-state index contributed by atoms with van der Waals surface area (Å²) in [4.78, 5) is 15.0. The molecule has 2 heterocycles. The van der Waals surface area contributed by atoms with E-state index in [1.54, 1.807) is 0 Å². The largest absolute Gasteiger partial charge is 0.331 e. The molecule has 1 aromatic rings. The highest BCUT2D eigenvalue weighted by molar-refractivity contribution is 9.10. The van der Waals surface area contributed by atoms with Crippen molar-refractivity contribution in [3.05, 3.63) is 33.8 Å². The highest BCUT2D eigenvalue weighted by Gasteiger charge is 2.38. The van der Waals surface area contributed by atoms with Crippen LogP contribution in [-0.4, -0.2) is 36.0 Å². The van der Waals surface area contributed by atoms with Crippen LogP contribution in [0.1, 0.15) is 35.2 Å². The van der Waals surface area contributed by atoms with Gasteiger partial charge in [0.25, 0.3) is 5.91 Å². The van der Waals surface area contributed by atoms with Crippen LogP contribution in [0.2, 0.25) is 0 Å². The third-order valence-corrected chi connectivity index (χ3v) is 5.25. The van der Waals surface area contributed by atoms with E-state index in [-0.39, 0.29) is 5.91 Å². The Balaban J connectivity index is 1.93. The Morgan fingerprint density at radius 3 is 2.95 bits per heavy atom. The fraction of sp³-hybridized carbons (Fsp3) is 0.533.